The van der Waals surface area contributed by atoms with E-state index in [1.54, 1.807) is 29.2 Å². The topological polar surface area (TPSA) is 91.0 Å². The molecule has 3 amide bonds. The molecule has 1 aliphatic carbocycles. The molecule has 4 aliphatic heterocycles. The quantitative estimate of drug-likeness (QED) is 0.463. The minimum Gasteiger partial charge on any atom is -0.359 e. The van der Waals surface area contributed by atoms with E-state index in [0.29, 0.717) is 17.3 Å². The Bertz CT molecular complexity index is 1140. The lowest BCUT2D eigenvalue weighted by Gasteiger charge is -2.35. The summed E-state index contributed by atoms with van der Waals surface area (Å²) in [7, 11) is 0. The molecule has 216 valence electrons. The van der Waals surface area contributed by atoms with E-state index in [2.05, 4.69) is 22.5 Å². The molecule has 5 aliphatic rings. The molecule has 8 nitrogen and oxygen atoms in total. The number of fused-ring (bicyclic) bond motifs is 1. The number of hydrogen-bond donors (Lipinski definition) is 2. The van der Waals surface area contributed by atoms with Crippen molar-refractivity contribution in [1.82, 2.24) is 15.1 Å². The summed E-state index contributed by atoms with van der Waals surface area (Å²) in [5.41, 5.74) is -0.511. The number of rotatable bonds is 8. The highest BCUT2D eigenvalue weighted by molar-refractivity contribution is 6.30. The van der Waals surface area contributed by atoms with Crippen LogP contribution < -0.4 is 10.6 Å². The van der Waals surface area contributed by atoms with Gasteiger partial charge in [0.25, 0.3) is 0 Å². The van der Waals surface area contributed by atoms with Gasteiger partial charge in [-0.3, -0.25) is 14.4 Å². The molecule has 6 rings (SSSR count). The van der Waals surface area contributed by atoms with Crippen LogP contribution in [0.4, 0.5) is 5.69 Å². The number of halogens is 1. The number of ether oxygens (including phenoxy) is 1. The van der Waals surface area contributed by atoms with Crippen LogP contribution in [0.5, 0.6) is 0 Å². The molecule has 1 aromatic rings. The summed E-state index contributed by atoms with van der Waals surface area (Å²) in [5.74, 6) is -1.25. The molecular formula is C31H41ClN4O4. The first-order valence-electron chi connectivity index (χ1n) is 15.1. The smallest absolute Gasteiger partial charge is 0.246 e. The zero-order valence-corrected chi connectivity index (χ0v) is 24.1. The Morgan fingerprint density at radius 3 is 2.48 bits per heavy atom. The predicted molar refractivity (Wildman–Crippen MR) is 154 cm³/mol. The van der Waals surface area contributed by atoms with Crippen molar-refractivity contribution in [2.24, 2.45) is 17.8 Å². The van der Waals surface area contributed by atoms with Crippen LogP contribution in [-0.2, 0) is 19.1 Å². The summed E-state index contributed by atoms with van der Waals surface area (Å²) in [6, 6.07) is 6.26. The first kappa shape index (κ1) is 27.7. The number of carbonyl (C=O) groups excluding carboxylic acids is 3. The van der Waals surface area contributed by atoms with Crippen LogP contribution >= 0.6 is 11.6 Å². The molecule has 3 saturated heterocycles. The highest BCUT2D eigenvalue weighted by atomic mass is 35.5. The normalized spacial score (nSPS) is 32.5. The summed E-state index contributed by atoms with van der Waals surface area (Å²) in [4.78, 5) is 45.9. The second kappa shape index (κ2) is 11.5. The maximum absolute atomic E-state index is 14.1. The molecule has 5 atom stereocenters. The van der Waals surface area contributed by atoms with Crippen molar-refractivity contribution < 1.29 is 19.1 Å². The van der Waals surface area contributed by atoms with Crippen LogP contribution in [0.3, 0.4) is 0 Å². The Morgan fingerprint density at radius 2 is 1.75 bits per heavy atom. The van der Waals surface area contributed by atoms with Gasteiger partial charge in [-0.1, -0.05) is 49.9 Å². The van der Waals surface area contributed by atoms with E-state index < -0.39 is 29.6 Å². The maximum Gasteiger partial charge on any atom is 0.246 e. The van der Waals surface area contributed by atoms with Crippen LogP contribution in [-0.4, -0.2) is 77.5 Å². The van der Waals surface area contributed by atoms with Crippen molar-refractivity contribution in [3.63, 3.8) is 0 Å². The summed E-state index contributed by atoms with van der Waals surface area (Å²) in [5, 5.41) is 6.80. The van der Waals surface area contributed by atoms with Crippen molar-refractivity contribution in [2.45, 2.75) is 82.1 Å². The van der Waals surface area contributed by atoms with Gasteiger partial charge in [0.05, 0.1) is 17.9 Å². The Hall–Kier alpha value is -2.42. The molecule has 1 spiro atoms. The van der Waals surface area contributed by atoms with Crippen molar-refractivity contribution in [3.8, 4) is 0 Å². The zero-order chi connectivity index (χ0) is 27.9. The highest BCUT2D eigenvalue weighted by Gasteiger charge is 2.72. The van der Waals surface area contributed by atoms with Gasteiger partial charge in [0, 0.05) is 23.3 Å². The van der Waals surface area contributed by atoms with Gasteiger partial charge in [-0.15, -0.1) is 0 Å². The molecule has 40 heavy (non-hydrogen) atoms. The number of likely N-dealkylation sites (tertiary alicyclic amines) is 2. The average molecular weight is 569 g/mol. The number of anilines is 1. The standard InChI is InChI=1S/C31H41ClN4O4/c1-20-13-18-35(19-14-20)16-5-17-36-27(29(38)34-22-6-3-2-4-7-22)31-15-12-24(40-31)25(26(31)30(36)39)28(37)33-23-10-8-21(32)9-11-23/h8-12,15,20,22,24-27H,2-7,13-14,16-19H2,1H3,(H,33,37)(H,34,38)/t24-,25+,26-,27-,31-/m0/s1. The largest absolute Gasteiger partial charge is 0.359 e. The second-order valence-electron chi connectivity index (χ2n) is 12.5. The number of amides is 3. The Labute approximate surface area is 241 Å². The SMILES string of the molecule is CC1CCN(CCCN2C(=O)[C@@H]3[C@H](C(=O)Nc4ccc(Cl)cc4)[C@@H]4C=C[C@@]3(O4)[C@@H]2C(=O)NC2CCCCC2)CC1. The van der Waals surface area contributed by atoms with Crippen LogP contribution in [0.1, 0.15) is 58.3 Å². The van der Waals surface area contributed by atoms with E-state index >= 15 is 0 Å². The van der Waals surface area contributed by atoms with Gasteiger partial charge < -0.3 is 25.2 Å². The number of hydrogen-bond acceptors (Lipinski definition) is 5. The maximum atomic E-state index is 14.1. The van der Waals surface area contributed by atoms with E-state index in [9.17, 15) is 14.4 Å². The summed E-state index contributed by atoms with van der Waals surface area (Å²) in [6.45, 7) is 5.82. The fourth-order valence-corrected chi connectivity index (χ4v) is 7.67. The second-order valence-corrected chi connectivity index (χ2v) is 12.9. The Morgan fingerprint density at radius 1 is 1.02 bits per heavy atom. The fraction of sp³-hybridized carbons (Fsp3) is 0.645. The van der Waals surface area contributed by atoms with Gasteiger partial charge in [0.2, 0.25) is 17.7 Å². The molecule has 0 unspecified atom stereocenters. The minimum absolute atomic E-state index is 0.121. The van der Waals surface area contributed by atoms with Gasteiger partial charge >= 0.3 is 0 Å². The monoisotopic (exact) mass is 568 g/mol. The molecular weight excluding hydrogens is 528 g/mol. The van der Waals surface area contributed by atoms with Gasteiger partial charge in [-0.2, -0.15) is 0 Å². The first-order valence-corrected chi connectivity index (χ1v) is 15.5. The van der Waals surface area contributed by atoms with Gasteiger partial charge in [0.1, 0.15) is 11.6 Å². The lowest BCUT2D eigenvalue weighted by molar-refractivity contribution is -0.141. The summed E-state index contributed by atoms with van der Waals surface area (Å²) >= 11 is 6.01. The predicted octanol–water partition coefficient (Wildman–Crippen LogP) is 4.00. The lowest BCUT2D eigenvalue weighted by Crippen LogP contribution is -2.56. The van der Waals surface area contributed by atoms with Crippen LogP contribution in [0.2, 0.25) is 5.02 Å². The Kier molecular flexibility index (Phi) is 7.94. The minimum atomic E-state index is -1.12. The molecule has 9 heteroatoms. The van der Waals surface area contributed by atoms with E-state index in [1.807, 2.05) is 12.2 Å². The zero-order valence-electron chi connectivity index (χ0n) is 23.3. The molecule has 0 radical (unpaired) electrons. The summed E-state index contributed by atoms with van der Waals surface area (Å²) < 4.78 is 6.48. The Balaban J connectivity index is 1.22. The molecule has 1 saturated carbocycles. The summed E-state index contributed by atoms with van der Waals surface area (Å²) in [6.07, 6.45) is 11.7. The fourth-order valence-electron chi connectivity index (χ4n) is 7.54. The van der Waals surface area contributed by atoms with Gasteiger partial charge in [-0.05, 0) is 81.9 Å². The lowest BCUT2D eigenvalue weighted by atomic mass is 9.74. The number of piperidine rings is 1. The van der Waals surface area contributed by atoms with E-state index in [0.717, 1.165) is 57.7 Å². The van der Waals surface area contributed by atoms with Crippen LogP contribution in [0.25, 0.3) is 0 Å². The van der Waals surface area contributed by atoms with Crippen molar-refractivity contribution >= 4 is 35.0 Å². The molecule has 1 aromatic carbocycles. The van der Waals surface area contributed by atoms with Crippen molar-refractivity contribution in [1.29, 1.82) is 0 Å². The molecule has 4 heterocycles. The van der Waals surface area contributed by atoms with Crippen molar-refractivity contribution in [2.75, 3.05) is 31.5 Å². The van der Waals surface area contributed by atoms with E-state index in [4.69, 9.17) is 16.3 Å². The number of carbonyl (C=O) groups is 3. The van der Waals surface area contributed by atoms with Gasteiger partial charge in [0.15, 0.2) is 0 Å². The van der Waals surface area contributed by atoms with E-state index in [1.165, 1.54) is 19.3 Å². The van der Waals surface area contributed by atoms with Crippen LogP contribution in [0, 0.1) is 17.8 Å². The molecule has 2 bridgehead atoms. The van der Waals surface area contributed by atoms with Crippen molar-refractivity contribution in [3.05, 3.63) is 41.4 Å². The highest BCUT2D eigenvalue weighted by Crippen LogP contribution is 2.55. The van der Waals surface area contributed by atoms with Gasteiger partial charge in [-0.25, -0.2) is 0 Å². The number of benzene rings is 1. The third-order valence-corrected chi connectivity index (χ3v) is 9.99. The van der Waals surface area contributed by atoms with Crippen LogP contribution in [0.15, 0.2) is 36.4 Å². The molecule has 0 aromatic heterocycles. The molecule has 2 N–H and O–H groups in total. The number of nitrogens with zero attached hydrogens (tertiary/aromatic N) is 2. The first-order chi connectivity index (χ1) is 19.4. The average Bonchev–Trinajstić information content (AvgIpc) is 3.59. The number of nitrogens with one attached hydrogen (secondary N) is 2. The molecule has 4 fully saturated rings. The third kappa shape index (κ3) is 5.19. The van der Waals surface area contributed by atoms with E-state index in [-0.39, 0.29) is 23.8 Å². The third-order valence-electron chi connectivity index (χ3n) is 9.74.